The Morgan fingerprint density at radius 2 is 1.96 bits per heavy atom. The van der Waals surface area contributed by atoms with Gasteiger partial charge in [0.2, 0.25) is 5.95 Å². The summed E-state index contributed by atoms with van der Waals surface area (Å²) in [5.74, 6) is 0.984. The average Bonchev–Trinajstić information content (AvgIpc) is 2.87. The van der Waals surface area contributed by atoms with Crippen molar-refractivity contribution in [1.29, 1.82) is 0 Å². The van der Waals surface area contributed by atoms with Crippen molar-refractivity contribution in [2.24, 2.45) is 0 Å². The van der Waals surface area contributed by atoms with Crippen molar-refractivity contribution in [2.45, 2.75) is 44.6 Å². The number of aromatic hydroxyl groups is 1. The van der Waals surface area contributed by atoms with Gasteiger partial charge in [0.1, 0.15) is 0 Å². The smallest absolute Gasteiger partial charge is 0.229 e. The van der Waals surface area contributed by atoms with Gasteiger partial charge >= 0.3 is 0 Å². The molecular weight excluding hydrogens is 330 g/mol. The highest BCUT2D eigenvalue weighted by Gasteiger charge is 2.18. The van der Waals surface area contributed by atoms with E-state index in [-0.39, 0.29) is 5.75 Å². The summed E-state index contributed by atoms with van der Waals surface area (Å²) in [6, 6.07) is 5.51. The Labute approximate surface area is 152 Å². The van der Waals surface area contributed by atoms with E-state index in [1.165, 1.54) is 32.8 Å². The number of nitrogens with zero attached hydrogens (tertiary/aromatic N) is 4. The van der Waals surface area contributed by atoms with Crippen LogP contribution in [-0.2, 0) is 0 Å². The summed E-state index contributed by atoms with van der Waals surface area (Å²) in [7, 11) is 1.52. The molecule has 7 heteroatoms. The summed E-state index contributed by atoms with van der Waals surface area (Å²) in [5.41, 5.74) is 1.55. The lowest BCUT2D eigenvalue weighted by atomic mass is 10.1. The minimum Gasteiger partial charge on any atom is -0.504 e. The molecule has 2 N–H and O–H groups in total. The van der Waals surface area contributed by atoms with Crippen molar-refractivity contribution in [3.63, 3.8) is 0 Å². The number of anilines is 2. The van der Waals surface area contributed by atoms with Crippen molar-refractivity contribution in [1.82, 2.24) is 19.7 Å². The second-order valence-corrected chi connectivity index (χ2v) is 6.72. The maximum Gasteiger partial charge on any atom is 0.229 e. The number of ether oxygens (including phenoxy) is 1. The number of rotatable bonds is 4. The Bertz CT molecular complexity index is 900. The van der Waals surface area contributed by atoms with Crippen molar-refractivity contribution in [3.05, 3.63) is 30.6 Å². The molecule has 2 aromatic heterocycles. The highest BCUT2D eigenvalue weighted by atomic mass is 16.5. The van der Waals surface area contributed by atoms with Crippen LogP contribution in [0.1, 0.15) is 44.6 Å². The molecule has 0 aliphatic heterocycles. The van der Waals surface area contributed by atoms with Crippen LogP contribution >= 0.6 is 0 Å². The largest absolute Gasteiger partial charge is 0.504 e. The number of phenolic OH excluding ortho intramolecular Hbond substituents is 1. The Balaban J connectivity index is 1.62. The van der Waals surface area contributed by atoms with E-state index in [0.717, 1.165) is 23.9 Å². The molecule has 1 aromatic carbocycles. The van der Waals surface area contributed by atoms with Gasteiger partial charge in [-0.3, -0.25) is 0 Å². The number of hydrogen-bond donors (Lipinski definition) is 2. The van der Waals surface area contributed by atoms with E-state index in [0.29, 0.717) is 23.4 Å². The molecule has 1 saturated carbocycles. The molecule has 1 fully saturated rings. The third kappa shape index (κ3) is 3.29. The van der Waals surface area contributed by atoms with Gasteiger partial charge in [-0.15, -0.1) is 0 Å². The van der Waals surface area contributed by atoms with Gasteiger partial charge in [0.25, 0.3) is 0 Å². The second-order valence-electron chi connectivity index (χ2n) is 6.72. The van der Waals surface area contributed by atoms with Crippen LogP contribution in [0.5, 0.6) is 11.5 Å². The van der Waals surface area contributed by atoms with E-state index in [9.17, 15) is 5.11 Å². The molecule has 26 heavy (non-hydrogen) atoms. The predicted octanol–water partition coefficient (Wildman–Crippen LogP) is 4.18. The second kappa shape index (κ2) is 7.19. The van der Waals surface area contributed by atoms with E-state index in [1.54, 1.807) is 18.3 Å². The van der Waals surface area contributed by atoms with Gasteiger partial charge in [-0.05, 0) is 25.0 Å². The van der Waals surface area contributed by atoms with Crippen LogP contribution in [0.3, 0.4) is 0 Å². The van der Waals surface area contributed by atoms with E-state index < -0.39 is 0 Å². The summed E-state index contributed by atoms with van der Waals surface area (Å²) >= 11 is 0. The minimum atomic E-state index is 0.0714. The molecule has 136 valence electrons. The lowest BCUT2D eigenvalue weighted by Crippen LogP contribution is -2.11. The molecule has 1 aliphatic carbocycles. The number of benzene rings is 1. The maximum atomic E-state index is 9.93. The normalized spacial score (nSPS) is 15.7. The first kappa shape index (κ1) is 16.6. The number of hydrogen-bond acceptors (Lipinski definition) is 6. The van der Waals surface area contributed by atoms with E-state index in [4.69, 9.17) is 4.74 Å². The first-order valence-electron chi connectivity index (χ1n) is 9.09. The molecule has 4 rings (SSSR count). The van der Waals surface area contributed by atoms with Gasteiger partial charge in [0.15, 0.2) is 17.1 Å². The first-order chi connectivity index (χ1) is 12.7. The van der Waals surface area contributed by atoms with Gasteiger partial charge in [-0.2, -0.15) is 10.1 Å². The molecule has 0 radical (unpaired) electrons. The quantitative estimate of drug-likeness (QED) is 0.685. The third-order valence-corrected chi connectivity index (χ3v) is 4.94. The zero-order chi connectivity index (χ0) is 17.9. The Morgan fingerprint density at radius 3 is 2.69 bits per heavy atom. The minimum absolute atomic E-state index is 0.0714. The summed E-state index contributed by atoms with van der Waals surface area (Å²) < 4.78 is 7.12. The van der Waals surface area contributed by atoms with E-state index >= 15 is 0 Å². The lowest BCUT2D eigenvalue weighted by Gasteiger charge is -2.15. The maximum absolute atomic E-state index is 9.93. The van der Waals surface area contributed by atoms with E-state index in [1.807, 2.05) is 12.3 Å². The Hall–Kier alpha value is -2.83. The van der Waals surface area contributed by atoms with Crippen molar-refractivity contribution < 1.29 is 9.84 Å². The summed E-state index contributed by atoms with van der Waals surface area (Å²) in [4.78, 5) is 9.04. The fraction of sp³-hybridized carbons (Fsp3) is 0.421. The lowest BCUT2D eigenvalue weighted by molar-refractivity contribution is 0.373. The summed E-state index contributed by atoms with van der Waals surface area (Å²) in [6.07, 6.45) is 11.0. The molecule has 0 saturated heterocycles. The van der Waals surface area contributed by atoms with Gasteiger partial charge in [0.05, 0.1) is 24.7 Å². The molecule has 0 atom stereocenters. The number of aromatic nitrogens is 4. The van der Waals surface area contributed by atoms with Crippen LogP contribution < -0.4 is 10.1 Å². The SMILES string of the molecule is COc1ccc(Nc2ncc3cnn(C4CCCCCC4)c3n2)cc1O. The van der Waals surface area contributed by atoms with Crippen molar-refractivity contribution in [3.8, 4) is 11.5 Å². The average molecular weight is 353 g/mol. The molecule has 0 unspecified atom stereocenters. The molecule has 3 aromatic rings. The molecule has 0 bridgehead atoms. The number of nitrogens with one attached hydrogen (secondary N) is 1. The van der Waals surface area contributed by atoms with Gasteiger partial charge in [-0.25, -0.2) is 9.67 Å². The van der Waals surface area contributed by atoms with Crippen LogP contribution in [0.15, 0.2) is 30.6 Å². The van der Waals surface area contributed by atoms with Crippen LogP contribution in [-0.4, -0.2) is 32.0 Å². The fourth-order valence-corrected chi connectivity index (χ4v) is 3.56. The van der Waals surface area contributed by atoms with Crippen molar-refractivity contribution >= 4 is 22.7 Å². The zero-order valence-corrected chi connectivity index (χ0v) is 14.9. The first-order valence-corrected chi connectivity index (χ1v) is 9.09. The Kier molecular flexibility index (Phi) is 4.60. The number of fused-ring (bicyclic) bond motifs is 1. The fourth-order valence-electron chi connectivity index (χ4n) is 3.56. The highest BCUT2D eigenvalue weighted by molar-refractivity contribution is 5.75. The van der Waals surface area contributed by atoms with Crippen LogP contribution in [0.25, 0.3) is 11.0 Å². The summed E-state index contributed by atoms with van der Waals surface area (Å²) in [5, 5.41) is 18.6. The van der Waals surface area contributed by atoms with Gasteiger partial charge < -0.3 is 15.2 Å². The van der Waals surface area contributed by atoms with Crippen molar-refractivity contribution in [2.75, 3.05) is 12.4 Å². The predicted molar refractivity (Wildman–Crippen MR) is 100 cm³/mol. The molecule has 1 aliphatic rings. The molecule has 7 nitrogen and oxygen atoms in total. The van der Waals surface area contributed by atoms with Gasteiger partial charge in [0, 0.05) is 18.0 Å². The zero-order valence-electron chi connectivity index (χ0n) is 14.9. The molecule has 0 spiro atoms. The molecule has 0 amide bonds. The Morgan fingerprint density at radius 1 is 1.15 bits per heavy atom. The monoisotopic (exact) mass is 353 g/mol. The topological polar surface area (TPSA) is 85.1 Å². The van der Waals surface area contributed by atoms with Gasteiger partial charge in [-0.1, -0.05) is 25.7 Å². The number of methoxy groups -OCH3 is 1. The molecular formula is C19H23N5O2. The molecule has 2 heterocycles. The van der Waals surface area contributed by atoms with Crippen LogP contribution in [0, 0.1) is 0 Å². The number of phenols is 1. The standard InChI is InChI=1S/C19H23N5O2/c1-26-17-9-8-14(10-16(17)25)22-19-20-11-13-12-21-24(18(13)23-19)15-6-4-2-3-5-7-15/h8-12,15,25H,2-7H2,1H3,(H,20,22,23). The van der Waals surface area contributed by atoms with E-state index in [2.05, 4.69) is 25.1 Å². The highest BCUT2D eigenvalue weighted by Crippen LogP contribution is 2.31. The van der Waals surface area contributed by atoms with Crippen LogP contribution in [0.4, 0.5) is 11.6 Å². The third-order valence-electron chi connectivity index (χ3n) is 4.94. The summed E-state index contributed by atoms with van der Waals surface area (Å²) in [6.45, 7) is 0. The van der Waals surface area contributed by atoms with Crippen LogP contribution in [0.2, 0.25) is 0 Å².